The number of rotatable bonds is 5. The van der Waals surface area contributed by atoms with Gasteiger partial charge in [-0.3, -0.25) is 4.98 Å². The molecule has 0 saturated heterocycles. The van der Waals surface area contributed by atoms with Crippen LogP contribution in [0.25, 0.3) is 121 Å². The van der Waals surface area contributed by atoms with Gasteiger partial charge in [-0.15, -0.1) is 0 Å². The van der Waals surface area contributed by atoms with E-state index in [0.717, 1.165) is 39.3 Å². The van der Waals surface area contributed by atoms with Crippen molar-refractivity contribution in [1.29, 1.82) is 0 Å². The third kappa shape index (κ3) is 5.50. The Kier molecular flexibility index (Phi) is 7.89. The van der Waals surface area contributed by atoms with Crippen LogP contribution < -0.4 is 0 Å². The molecule has 278 valence electrons. The molecule has 12 rings (SSSR count). The van der Waals surface area contributed by atoms with Crippen LogP contribution in [0.3, 0.4) is 0 Å². The first-order valence-corrected chi connectivity index (χ1v) is 20.6. The fourth-order valence-electron chi connectivity index (χ4n) is 9.50. The summed E-state index contributed by atoms with van der Waals surface area (Å²) in [6, 6.07) is 76.9. The van der Waals surface area contributed by atoms with E-state index in [1.165, 1.54) is 81.3 Å². The molecule has 0 N–H and O–H groups in total. The van der Waals surface area contributed by atoms with E-state index in [9.17, 15) is 0 Å². The van der Waals surface area contributed by atoms with E-state index in [4.69, 9.17) is 9.97 Å². The Morgan fingerprint density at radius 3 is 1.40 bits per heavy atom. The van der Waals surface area contributed by atoms with E-state index in [2.05, 4.69) is 188 Å². The molecule has 1 aromatic heterocycles. The first kappa shape index (κ1) is 34.1. The highest BCUT2D eigenvalue weighted by atomic mass is 14.8. The normalized spacial score (nSPS) is 11.7. The van der Waals surface area contributed by atoms with Gasteiger partial charge in [-0.1, -0.05) is 200 Å². The van der Waals surface area contributed by atoms with E-state index in [-0.39, 0.29) is 0 Å². The molecule has 2 nitrogen and oxygen atoms in total. The lowest BCUT2D eigenvalue weighted by Crippen LogP contribution is -1.96. The smallest absolute Gasteiger partial charge is 0.0972 e. The average molecular weight is 761 g/mol. The third-order valence-electron chi connectivity index (χ3n) is 12.3. The lowest BCUT2D eigenvalue weighted by molar-refractivity contribution is 1.21. The second-order valence-corrected chi connectivity index (χ2v) is 15.7. The number of fused-ring (bicyclic) bond motifs is 6. The van der Waals surface area contributed by atoms with Crippen LogP contribution in [0.1, 0.15) is 0 Å². The van der Waals surface area contributed by atoms with Crippen LogP contribution in [-0.4, -0.2) is 9.97 Å². The highest BCUT2D eigenvalue weighted by Crippen LogP contribution is 2.44. The summed E-state index contributed by atoms with van der Waals surface area (Å²) in [6.07, 6.45) is 1.90. The maximum Gasteiger partial charge on any atom is 0.0972 e. The van der Waals surface area contributed by atoms with Crippen molar-refractivity contribution in [3.63, 3.8) is 0 Å². The molecule has 0 atom stereocenters. The van der Waals surface area contributed by atoms with E-state index in [1.54, 1.807) is 0 Å². The van der Waals surface area contributed by atoms with Crippen molar-refractivity contribution in [2.75, 3.05) is 0 Å². The van der Waals surface area contributed by atoms with Crippen LogP contribution in [0, 0.1) is 0 Å². The van der Waals surface area contributed by atoms with Crippen molar-refractivity contribution in [2.45, 2.75) is 0 Å². The Morgan fingerprint density at radius 2 is 0.750 bits per heavy atom. The Bertz CT molecular complexity index is 3630. The van der Waals surface area contributed by atoms with Gasteiger partial charge in [0.25, 0.3) is 0 Å². The fraction of sp³-hybridized carbons (Fsp3) is 0. The highest BCUT2D eigenvalue weighted by molar-refractivity contribution is 6.33. The number of aromatic nitrogens is 2. The van der Waals surface area contributed by atoms with Gasteiger partial charge in [-0.25, -0.2) is 4.98 Å². The Balaban J connectivity index is 1.00. The van der Waals surface area contributed by atoms with Crippen LogP contribution >= 0.6 is 0 Å². The second kappa shape index (κ2) is 13.9. The van der Waals surface area contributed by atoms with Crippen molar-refractivity contribution < 1.29 is 0 Å². The van der Waals surface area contributed by atoms with Crippen molar-refractivity contribution >= 4 is 64.6 Å². The standard InChI is InChI=1S/C58H36N2/c1-3-14-40(15-4-1)57-58(41-16-5-2-6-17-41)60-54(36-59-57)38-28-26-37(27-29-38)44-32-33-45(47-20-8-7-19-46(44)47)43-34-42-31-30-39-18-13-25-52-50-23-11-9-21-48(50)49-22-10-12-24-51(49)53(35-43)56(42)55(39)52/h1-36H. The maximum atomic E-state index is 5.22. The average Bonchev–Trinajstić information content (AvgIpc) is 3.33. The zero-order chi connectivity index (χ0) is 39.6. The summed E-state index contributed by atoms with van der Waals surface area (Å²) in [5.74, 6) is 0. The first-order chi connectivity index (χ1) is 29.8. The quantitative estimate of drug-likeness (QED) is 0.163. The summed E-state index contributed by atoms with van der Waals surface area (Å²) in [4.78, 5) is 10.2. The van der Waals surface area contributed by atoms with E-state index < -0.39 is 0 Å². The molecule has 0 saturated carbocycles. The monoisotopic (exact) mass is 760 g/mol. The van der Waals surface area contributed by atoms with E-state index in [1.807, 2.05) is 30.5 Å². The lowest BCUT2D eigenvalue weighted by Gasteiger charge is -2.17. The van der Waals surface area contributed by atoms with Gasteiger partial charge in [0.05, 0.1) is 23.3 Å². The highest BCUT2D eigenvalue weighted by Gasteiger charge is 2.17. The number of nitrogens with zero attached hydrogens (tertiary/aromatic N) is 2. The van der Waals surface area contributed by atoms with Crippen molar-refractivity contribution in [1.82, 2.24) is 9.97 Å². The minimum absolute atomic E-state index is 0.844. The molecule has 0 aliphatic rings. The minimum atomic E-state index is 0.844. The van der Waals surface area contributed by atoms with Gasteiger partial charge < -0.3 is 0 Å². The molecule has 0 spiro atoms. The van der Waals surface area contributed by atoms with Gasteiger partial charge in [-0.2, -0.15) is 0 Å². The van der Waals surface area contributed by atoms with Crippen LogP contribution in [-0.2, 0) is 0 Å². The Labute approximate surface area is 347 Å². The molecule has 0 unspecified atom stereocenters. The predicted octanol–water partition coefficient (Wildman–Crippen LogP) is 15.7. The van der Waals surface area contributed by atoms with Gasteiger partial charge >= 0.3 is 0 Å². The van der Waals surface area contributed by atoms with Crippen molar-refractivity contribution in [2.24, 2.45) is 0 Å². The zero-order valence-electron chi connectivity index (χ0n) is 32.7. The molecule has 1 heterocycles. The molecule has 0 bridgehead atoms. The minimum Gasteiger partial charge on any atom is -0.252 e. The first-order valence-electron chi connectivity index (χ1n) is 20.6. The summed E-state index contributed by atoms with van der Waals surface area (Å²) in [5.41, 5.74) is 10.5. The molecular formula is C58H36N2. The van der Waals surface area contributed by atoms with Crippen LogP contribution in [0.4, 0.5) is 0 Å². The number of benzene rings is 10. The summed E-state index contributed by atoms with van der Waals surface area (Å²) < 4.78 is 0. The molecule has 0 fully saturated rings. The molecular weight excluding hydrogens is 725 g/mol. The van der Waals surface area contributed by atoms with Gasteiger partial charge in [0.1, 0.15) is 0 Å². The van der Waals surface area contributed by atoms with Gasteiger partial charge in [0, 0.05) is 16.7 Å². The van der Waals surface area contributed by atoms with Crippen LogP contribution in [0.2, 0.25) is 0 Å². The molecule has 60 heavy (non-hydrogen) atoms. The van der Waals surface area contributed by atoms with Crippen molar-refractivity contribution in [3.8, 4) is 56.0 Å². The fourth-order valence-corrected chi connectivity index (χ4v) is 9.50. The van der Waals surface area contributed by atoms with Crippen LogP contribution in [0.5, 0.6) is 0 Å². The summed E-state index contributed by atoms with van der Waals surface area (Å²) >= 11 is 0. The summed E-state index contributed by atoms with van der Waals surface area (Å²) in [5, 5.41) is 15.2. The van der Waals surface area contributed by atoms with Gasteiger partial charge in [0.15, 0.2) is 0 Å². The topological polar surface area (TPSA) is 25.8 Å². The van der Waals surface area contributed by atoms with E-state index >= 15 is 0 Å². The van der Waals surface area contributed by atoms with E-state index in [0.29, 0.717) is 0 Å². The number of hydrogen-bond acceptors (Lipinski definition) is 2. The molecule has 11 aromatic carbocycles. The Hall–Kier alpha value is -7.94. The molecule has 0 amide bonds. The molecule has 12 aromatic rings. The summed E-state index contributed by atoms with van der Waals surface area (Å²) in [6.45, 7) is 0. The van der Waals surface area contributed by atoms with Gasteiger partial charge in [-0.05, 0) is 99.0 Å². The third-order valence-corrected chi connectivity index (χ3v) is 12.3. The lowest BCUT2D eigenvalue weighted by atomic mass is 9.87. The largest absolute Gasteiger partial charge is 0.252 e. The predicted molar refractivity (Wildman–Crippen MR) is 254 cm³/mol. The molecule has 0 radical (unpaired) electrons. The van der Waals surface area contributed by atoms with Crippen molar-refractivity contribution in [3.05, 3.63) is 219 Å². The molecule has 0 aliphatic carbocycles. The second-order valence-electron chi connectivity index (χ2n) is 15.7. The SMILES string of the molecule is c1ccc(-c2ncc(-c3ccc(-c4ccc(-c5cc6ccc7cccc8c9ccccc9c9ccccc9c(c5)c6c78)c5ccccc45)cc3)nc2-c2ccccc2)cc1. The zero-order valence-corrected chi connectivity index (χ0v) is 32.7. The molecule has 0 aliphatic heterocycles. The molecule has 2 heteroatoms. The number of hydrogen-bond donors (Lipinski definition) is 0. The van der Waals surface area contributed by atoms with Gasteiger partial charge in [0.2, 0.25) is 0 Å². The maximum absolute atomic E-state index is 5.22. The summed E-state index contributed by atoms with van der Waals surface area (Å²) in [7, 11) is 0. The van der Waals surface area contributed by atoms with Crippen LogP contribution in [0.15, 0.2) is 219 Å². The Morgan fingerprint density at radius 1 is 0.267 bits per heavy atom.